The summed E-state index contributed by atoms with van der Waals surface area (Å²) in [5.41, 5.74) is 0.917. The number of unbranched alkanes of at least 4 members (excludes halogenated alkanes) is 2. The maximum Gasteiger partial charge on any atom is 0.147 e. The van der Waals surface area contributed by atoms with Gasteiger partial charge in [0.1, 0.15) is 15.4 Å². The molecule has 4 nitrogen and oxygen atoms in total. The van der Waals surface area contributed by atoms with Crippen molar-refractivity contribution in [3.8, 4) is 0 Å². The SMILES string of the molecule is CCCCN(CCCC)c1c(S)nn[nH]c1=S. The Balaban J connectivity index is 2.90. The Bertz CT molecular complexity index is 383. The molecule has 0 spiro atoms. The molecule has 0 amide bonds. The van der Waals surface area contributed by atoms with Gasteiger partial charge >= 0.3 is 0 Å². The van der Waals surface area contributed by atoms with Crippen LogP contribution in [0, 0.1) is 4.64 Å². The van der Waals surface area contributed by atoms with Gasteiger partial charge in [-0.05, 0) is 12.8 Å². The van der Waals surface area contributed by atoms with Gasteiger partial charge in [-0.3, -0.25) is 0 Å². The molecule has 0 atom stereocenters. The van der Waals surface area contributed by atoms with Gasteiger partial charge in [0.15, 0.2) is 0 Å². The lowest BCUT2D eigenvalue weighted by molar-refractivity contribution is 0.660. The maximum absolute atomic E-state index is 5.27. The van der Waals surface area contributed by atoms with E-state index in [2.05, 4.69) is 46.8 Å². The quantitative estimate of drug-likeness (QED) is 0.591. The Morgan fingerprint density at radius 2 is 1.82 bits per heavy atom. The summed E-state index contributed by atoms with van der Waals surface area (Å²) < 4.78 is 0.622. The number of anilines is 1. The molecule has 0 radical (unpaired) electrons. The van der Waals surface area contributed by atoms with Crippen molar-refractivity contribution in [3.63, 3.8) is 0 Å². The molecule has 0 unspecified atom stereocenters. The van der Waals surface area contributed by atoms with E-state index in [1.807, 2.05) is 0 Å². The first-order valence-electron chi connectivity index (χ1n) is 6.10. The minimum absolute atomic E-state index is 0.612. The fourth-order valence-corrected chi connectivity index (χ4v) is 2.28. The number of thiol groups is 1. The normalized spacial score (nSPS) is 10.5. The van der Waals surface area contributed by atoms with Gasteiger partial charge in [-0.2, -0.15) is 0 Å². The van der Waals surface area contributed by atoms with Crippen molar-refractivity contribution in [2.45, 2.75) is 44.6 Å². The highest BCUT2D eigenvalue weighted by Gasteiger charge is 2.12. The van der Waals surface area contributed by atoms with Crippen LogP contribution >= 0.6 is 24.8 Å². The lowest BCUT2D eigenvalue weighted by Crippen LogP contribution is -2.27. The second-order valence-corrected chi connectivity index (χ2v) is 4.84. The Kier molecular flexibility index (Phi) is 6.50. The second-order valence-electron chi connectivity index (χ2n) is 4.01. The van der Waals surface area contributed by atoms with Gasteiger partial charge in [0.25, 0.3) is 0 Å². The average molecular weight is 272 g/mol. The van der Waals surface area contributed by atoms with Gasteiger partial charge in [0.05, 0.1) is 0 Å². The molecule has 1 heterocycles. The fourth-order valence-electron chi connectivity index (χ4n) is 1.64. The number of hydrogen-bond acceptors (Lipinski definition) is 5. The molecule has 0 aliphatic rings. The third-order valence-electron chi connectivity index (χ3n) is 2.60. The van der Waals surface area contributed by atoms with Crippen LogP contribution in [0.3, 0.4) is 0 Å². The number of rotatable bonds is 7. The van der Waals surface area contributed by atoms with Crippen LogP contribution in [0.5, 0.6) is 0 Å². The Morgan fingerprint density at radius 3 is 2.29 bits per heavy atom. The van der Waals surface area contributed by atoms with E-state index < -0.39 is 0 Å². The standard InChI is InChI=1S/C11H20N4S2/c1-3-5-7-15(8-6-4-2)9-10(16)12-14-13-11(9)17/h3-8H2,1-2H3,(H2,12,13,16,17). The Hall–Kier alpha value is -0.620. The molecule has 1 N–H and O–H groups in total. The van der Waals surface area contributed by atoms with Crippen molar-refractivity contribution in [1.29, 1.82) is 0 Å². The highest BCUT2D eigenvalue weighted by atomic mass is 32.1. The van der Waals surface area contributed by atoms with Crippen molar-refractivity contribution in [3.05, 3.63) is 4.64 Å². The largest absolute Gasteiger partial charge is 0.367 e. The molecule has 17 heavy (non-hydrogen) atoms. The molecule has 1 aromatic rings. The van der Waals surface area contributed by atoms with E-state index in [4.69, 9.17) is 12.2 Å². The van der Waals surface area contributed by atoms with Gasteiger partial charge in [-0.15, -0.1) is 17.7 Å². The van der Waals surface area contributed by atoms with Gasteiger partial charge in [-0.25, -0.2) is 5.10 Å². The first-order valence-corrected chi connectivity index (χ1v) is 6.95. The van der Waals surface area contributed by atoms with Gasteiger partial charge in [-0.1, -0.05) is 44.1 Å². The van der Waals surface area contributed by atoms with E-state index >= 15 is 0 Å². The van der Waals surface area contributed by atoms with Crippen LogP contribution in [-0.4, -0.2) is 28.5 Å². The van der Waals surface area contributed by atoms with Crippen LogP contribution in [0.2, 0.25) is 0 Å². The summed E-state index contributed by atoms with van der Waals surface area (Å²) >= 11 is 9.62. The number of hydrogen-bond donors (Lipinski definition) is 2. The minimum Gasteiger partial charge on any atom is -0.367 e. The summed E-state index contributed by atoms with van der Waals surface area (Å²) in [6.07, 6.45) is 4.63. The zero-order valence-corrected chi connectivity index (χ0v) is 12.2. The number of nitrogens with zero attached hydrogens (tertiary/aromatic N) is 3. The minimum atomic E-state index is 0.612. The number of aromatic nitrogens is 3. The van der Waals surface area contributed by atoms with E-state index in [0.29, 0.717) is 9.67 Å². The summed E-state index contributed by atoms with van der Waals surface area (Å²) in [6.45, 7) is 6.36. The molecule has 0 saturated heterocycles. The van der Waals surface area contributed by atoms with E-state index in [-0.39, 0.29) is 0 Å². The number of nitrogens with one attached hydrogen (secondary N) is 1. The summed E-state index contributed by atoms with van der Waals surface area (Å²) in [4.78, 5) is 2.27. The van der Waals surface area contributed by atoms with Crippen molar-refractivity contribution >= 4 is 30.5 Å². The maximum atomic E-state index is 5.27. The van der Waals surface area contributed by atoms with Crippen LogP contribution < -0.4 is 4.90 Å². The monoisotopic (exact) mass is 272 g/mol. The van der Waals surface area contributed by atoms with Crippen LogP contribution in [0.1, 0.15) is 39.5 Å². The number of aromatic amines is 1. The molecule has 0 aliphatic heterocycles. The van der Waals surface area contributed by atoms with E-state index in [9.17, 15) is 0 Å². The molecule has 1 rings (SSSR count). The number of H-pyrrole nitrogens is 1. The second kappa shape index (κ2) is 7.66. The van der Waals surface area contributed by atoms with E-state index in [0.717, 1.165) is 31.6 Å². The first-order chi connectivity index (χ1) is 8.20. The molecular formula is C11H20N4S2. The first kappa shape index (κ1) is 14.4. The van der Waals surface area contributed by atoms with Crippen LogP contribution in [0.15, 0.2) is 5.03 Å². The molecule has 96 valence electrons. The molecule has 0 fully saturated rings. The molecular weight excluding hydrogens is 252 g/mol. The third kappa shape index (κ3) is 4.27. The van der Waals surface area contributed by atoms with Gasteiger partial charge < -0.3 is 4.90 Å². The van der Waals surface area contributed by atoms with Crippen molar-refractivity contribution in [2.24, 2.45) is 0 Å². The van der Waals surface area contributed by atoms with Gasteiger partial charge in [0, 0.05) is 13.1 Å². The smallest absolute Gasteiger partial charge is 0.147 e. The average Bonchev–Trinajstić information content (AvgIpc) is 2.31. The highest BCUT2D eigenvalue weighted by molar-refractivity contribution is 7.80. The summed E-state index contributed by atoms with van der Waals surface area (Å²) in [5.74, 6) is 0. The fraction of sp³-hybridized carbons (Fsp3) is 0.727. The third-order valence-corrected chi connectivity index (χ3v) is 3.19. The van der Waals surface area contributed by atoms with E-state index in [1.54, 1.807) is 0 Å². The predicted molar refractivity (Wildman–Crippen MR) is 76.5 cm³/mol. The van der Waals surface area contributed by atoms with Crippen LogP contribution in [-0.2, 0) is 0 Å². The summed E-state index contributed by atoms with van der Waals surface area (Å²) in [6, 6.07) is 0. The molecule has 0 aliphatic carbocycles. The molecule has 0 saturated carbocycles. The Morgan fingerprint density at radius 1 is 1.24 bits per heavy atom. The zero-order valence-electron chi connectivity index (χ0n) is 10.4. The lowest BCUT2D eigenvalue weighted by atomic mass is 10.2. The van der Waals surface area contributed by atoms with Gasteiger partial charge in [0.2, 0.25) is 0 Å². The predicted octanol–water partition coefficient (Wildman–Crippen LogP) is 3.23. The lowest BCUT2D eigenvalue weighted by Gasteiger charge is -2.24. The highest BCUT2D eigenvalue weighted by Crippen LogP contribution is 2.22. The van der Waals surface area contributed by atoms with Crippen molar-refractivity contribution in [2.75, 3.05) is 18.0 Å². The molecule has 0 aromatic carbocycles. The summed E-state index contributed by atoms with van der Waals surface area (Å²) in [7, 11) is 0. The van der Waals surface area contributed by atoms with Crippen LogP contribution in [0.4, 0.5) is 5.69 Å². The molecule has 1 aromatic heterocycles. The van der Waals surface area contributed by atoms with Crippen molar-refractivity contribution < 1.29 is 0 Å². The molecule has 0 bridgehead atoms. The van der Waals surface area contributed by atoms with Crippen LogP contribution in [0.25, 0.3) is 0 Å². The topological polar surface area (TPSA) is 44.8 Å². The zero-order chi connectivity index (χ0) is 12.7. The Labute approximate surface area is 113 Å². The van der Waals surface area contributed by atoms with Crippen molar-refractivity contribution in [1.82, 2.24) is 15.4 Å². The van der Waals surface area contributed by atoms with E-state index in [1.165, 1.54) is 12.8 Å². The summed E-state index contributed by atoms with van der Waals surface area (Å²) in [5, 5.41) is 11.0. The molecule has 6 heteroatoms.